The van der Waals surface area contributed by atoms with Crippen LogP contribution < -0.4 is 5.32 Å². The lowest BCUT2D eigenvalue weighted by molar-refractivity contribution is -0.00259. The summed E-state index contributed by atoms with van der Waals surface area (Å²) in [5, 5.41) is 3.61. The molecule has 1 unspecified atom stereocenters. The smallest absolute Gasteiger partial charge is 0.0702 e. The molecule has 1 saturated carbocycles. The minimum Gasteiger partial charge on any atom is -0.377 e. The fourth-order valence-electron chi connectivity index (χ4n) is 3.02. The lowest BCUT2D eigenvalue weighted by Gasteiger charge is -2.27. The zero-order chi connectivity index (χ0) is 14.7. The van der Waals surface area contributed by atoms with Gasteiger partial charge in [0.2, 0.25) is 0 Å². The van der Waals surface area contributed by atoms with Gasteiger partial charge >= 0.3 is 0 Å². The van der Waals surface area contributed by atoms with Crippen LogP contribution in [0.5, 0.6) is 0 Å². The minimum absolute atomic E-state index is 0.443. The van der Waals surface area contributed by atoms with E-state index in [-0.39, 0.29) is 0 Å². The SMILES string of the molecule is Cc1sc(CNC2CC2)cc1CN(C)CC1CCCCO1. The molecule has 1 N–H and O–H groups in total. The Bertz CT molecular complexity index is 450. The van der Waals surface area contributed by atoms with Gasteiger partial charge in [0.05, 0.1) is 6.10 Å². The molecule has 118 valence electrons. The standard InChI is InChI=1S/C17H28N2OS/c1-13-14(9-17(21-13)10-18-15-6-7-15)11-19(2)12-16-5-3-4-8-20-16/h9,15-16,18H,3-8,10-12H2,1-2H3. The van der Waals surface area contributed by atoms with Crippen LogP contribution in [0.4, 0.5) is 0 Å². The van der Waals surface area contributed by atoms with Gasteiger partial charge in [0.15, 0.2) is 0 Å². The zero-order valence-corrected chi connectivity index (χ0v) is 14.2. The van der Waals surface area contributed by atoms with Gasteiger partial charge in [-0.3, -0.25) is 4.90 Å². The van der Waals surface area contributed by atoms with Gasteiger partial charge in [-0.25, -0.2) is 0 Å². The summed E-state index contributed by atoms with van der Waals surface area (Å²) in [6, 6.07) is 3.19. The van der Waals surface area contributed by atoms with Crippen molar-refractivity contribution in [3.05, 3.63) is 21.4 Å². The summed E-state index contributed by atoms with van der Waals surface area (Å²) < 4.78 is 5.84. The molecular weight excluding hydrogens is 280 g/mol. The first-order valence-corrected chi connectivity index (χ1v) is 9.14. The normalized spacial score (nSPS) is 22.9. The Morgan fingerprint density at radius 1 is 1.33 bits per heavy atom. The van der Waals surface area contributed by atoms with E-state index in [1.807, 2.05) is 11.3 Å². The van der Waals surface area contributed by atoms with Gasteiger partial charge in [-0.05, 0) is 57.7 Å². The van der Waals surface area contributed by atoms with E-state index in [1.165, 1.54) is 47.4 Å². The largest absolute Gasteiger partial charge is 0.377 e. The van der Waals surface area contributed by atoms with Crippen molar-refractivity contribution in [1.29, 1.82) is 0 Å². The van der Waals surface area contributed by atoms with Gasteiger partial charge in [0, 0.05) is 42.0 Å². The number of likely N-dealkylation sites (N-methyl/N-ethyl adjacent to an activating group) is 1. The Balaban J connectivity index is 1.48. The Morgan fingerprint density at radius 3 is 2.90 bits per heavy atom. The molecule has 1 atom stereocenters. The summed E-state index contributed by atoms with van der Waals surface area (Å²) in [5.74, 6) is 0. The molecule has 0 spiro atoms. The summed E-state index contributed by atoms with van der Waals surface area (Å²) in [7, 11) is 2.22. The van der Waals surface area contributed by atoms with Crippen molar-refractivity contribution in [3.63, 3.8) is 0 Å². The molecule has 0 radical (unpaired) electrons. The highest BCUT2D eigenvalue weighted by Gasteiger charge is 2.21. The topological polar surface area (TPSA) is 24.5 Å². The highest BCUT2D eigenvalue weighted by Crippen LogP contribution is 2.25. The van der Waals surface area contributed by atoms with E-state index >= 15 is 0 Å². The lowest BCUT2D eigenvalue weighted by Crippen LogP contribution is -2.33. The van der Waals surface area contributed by atoms with Crippen molar-refractivity contribution in [2.45, 2.75) is 64.3 Å². The number of rotatable bonds is 7. The second-order valence-electron chi connectivity index (χ2n) is 6.63. The second-order valence-corrected chi connectivity index (χ2v) is 7.98. The molecule has 0 amide bonds. The molecule has 2 fully saturated rings. The van der Waals surface area contributed by atoms with Crippen LogP contribution in [-0.2, 0) is 17.8 Å². The monoisotopic (exact) mass is 308 g/mol. The molecule has 3 nitrogen and oxygen atoms in total. The molecular formula is C17H28N2OS. The molecule has 1 aromatic rings. The molecule has 1 aliphatic carbocycles. The van der Waals surface area contributed by atoms with Gasteiger partial charge in [-0.1, -0.05) is 0 Å². The van der Waals surface area contributed by atoms with Crippen LogP contribution in [-0.4, -0.2) is 37.2 Å². The van der Waals surface area contributed by atoms with Gasteiger partial charge < -0.3 is 10.1 Å². The van der Waals surface area contributed by atoms with E-state index in [1.54, 1.807) is 0 Å². The fraction of sp³-hybridized carbons (Fsp3) is 0.765. The predicted octanol–water partition coefficient (Wildman–Crippen LogP) is 3.31. The van der Waals surface area contributed by atoms with Crippen LogP contribution in [0.15, 0.2) is 6.07 Å². The van der Waals surface area contributed by atoms with E-state index in [9.17, 15) is 0 Å². The summed E-state index contributed by atoms with van der Waals surface area (Å²) in [6.07, 6.45) is 6.96. The molecule has 4 heteroatoms. The molecule has 3 rings (SSSR count). The van der Waals surface area contributed by atoms with Crippen LogP contribution >= 0.6 is 11.3 Å². The maximum absolute atomic E-state index is 5.84. The predicted molar refractivity (Wildman–Crippen MR) is 88.8 cm³/mol. The van der Waals surface area contributed by atoms with E-state index in [2.05, 4.69) is 30.3 Å². The third kappa shape index (κ3) is 4.78. The van der Waals surface area contributed by atoms with Crippen molar-refractivity contribution < 1.29 is 4.74 Å². The first-order chi connectivity index (χ1) is 10.2. The number of thiophene rings is 1. The number of aryl methyl sites for hydroxylation is 1. The maximum Gasteiger partial charge on any atom is 0.0702 e. The van der Waals surface area contributed by atoms with Gasteiger partial charge in [-0.15, -0.1) is 11.3 Å². The Labute approximate surface area is 132 Å². The Hall–Kier alpha value is -0.420. The van der Waals surface area contributed by atoms with Crippen molar-refractivity contribution in [2.75, 3.05) is 20.2 Å². The molecule has 1 saturated heterocycles. The van der Waals surface area contributed by atoms with Crippen LogP contribution in [0.2, 0.25) is 0 Å². The van der Waals surface area contributed by atoms with Crippen molar-refractivity contribution in [2.24, 2.45) is 0 Å². The van der Waals surface area contributed by atoms with Crippen LogP contribution in [0.25, 0.3) is 0 Å². The van der Waals surface area contributed by atoms with Crippen LogP contribution in [0, 0.1) is 6.92 Å². The molecule has 2 aliphatic rings. The highest BCUT2D eigenvalue weighted by atomic mass is 32.1. The zero-order valence-electron chi connectivity index (χ0n) is 13.4. The third-order valence-electron chi connectivity index (χ3n) is 4.44. The molecule has 1 aliphatic heterocycles. The van der Waals surface area contributed by atoms with Crippen molar-refractivity contribution >= 4 is 11.3 Å². The summed E-state index contributed by atoms with van der Waals surface area (Å²) in [5.41, 5.74) is 1.49. The number of hydrogen-bond donors (Lipinski definition) is 1. The second kappa shape index (κ2) is 7.23. The van der Waals surface area contributed by atoms with Gasteiger partial charge in [0.25, 0.3) is 0 Å². The van der Waals surface area contributed by atoms with E-state index in [4.69, 9.17) is 4.74 Å². The average molecular weight is 308 g/mol. The Morgan fingerprint density at radius 2 is 2.19 bits per heavy atom. The maximum atomic E-state index is 5.84. The molecule has 0 bridgehead atoms. The molecule has 21 heavy (non-hydrogen) atoms. The summed E-state index contributed by atoms with van der Waals surface area (Å²) in [4.78, 5) is 5.37. The van der Waals surface area contributed by atoms with Crippen LogP contribution in [0.3, 0.4) is 0 Å². The molecule has 2 heterocycles. The van der Waals surface area contributed by atoms with Gasteiger partial charge in [0.1, 0.15) is 0 Å². The Kier molecular flexibility index (Phi) is 5.33. The number of ether oxygens (including phenoxy) is 1. The summed E-state index contributed by atoms with van der Waals surface area (Å²) in [6.45, 7) is 6.36. The average Bonchev–Trinajstić information content (AvgIpc) is 3.23. The van der Waals surface area contributed by atoms with E-state index in [0.29, 0.717) is 6.10 Å². The van der Waals surface area contributed by atoms with Crippen LogP contribution in [0.1, 0.15) is 47.4 Å². The van der Waals surface area contributed by atoms with Gasteiger partial charge in [-0.2, -0.15) is 0 Å². The first-order valence-electron chi connectivity index (χ1n) is 8.32. The summed E-state index contributed by atoms with van der Waals surface area (Å²) >= 11 is 1.95. The van der Waals surface area contributed by atoms with E-state index in [0.717, 1.165) is 32.3 Å². The van der Waals surface area contributed by atoms with Crippen molar-refractivity contribution in [1.82, 2.24) is 10.2 Å². The number of hydrogen-bond acceptors (Lipinski definition) is 4. The minimum atomic E-state index is 0.443. The highest BCUT2D eigenvalue weighted by molar-refractivity contribution is 7.12. The number of nitrogens with zero attached hydrogens (tertiary/aromatic N) is 1. The molecule has 1 aromatic heterocycles. The molecule has 0 aromatic carbocycles. The fourth-order valence-corrected chi connectivity index (χ4v) is 4.02. The quantitative estimate of drug-likeness (QED) is 0.836. The van der Waals surface area contributed by atoms with Crippen molar-refractivity contribution in [3.8, 4) is 0 Å². The first kappa shape index (κ1) is 15.5. The van der Waals surface area contributed by atoms with E-state index < -0.39 is 0 Å². The third-order valence-corrected chi connectivity index (χ3v) is 5.54. The number of nitrogens with one attached hydrogen (secondary N) is 1. The lowest BCUT2D eigenvalue weighted by atomic mass is 10.1.